The van der Waals surface area contributed by atoms with Crippen LogP contribution in [0.3, 0.4) is 0 Å². The summed E-state index contributed by atoms with van der Waals surface area (Å²) in [5, 5.41) is 13.8. The van der Waals surface area contributed by atoms with Crippen molar-refractivity contribution >= 4 is 17.2 Å². The molecule has 108 valence electrons. The van der Waals surface area contributed by atoms with Gasteiger partial charge in [-0.05, 0) is 24.3 Å². The van der Waals surface area contributed by atoms with E-state index in [0.717, 1.165) is 36.1 Å². The Morgan fingerprint density at radius 2 is 2.25 bits per heavy atom. The van der Waals surface area contributed by atoms with E-state index in [1.807, 2.05) is 11.4 Å². The van der Waals surface area contributed by atoms with Crippen LogP contribution in [0.15, 0.2) is 11.4 Å². The quantitative estimate of drug-likeness (QED) is 0.838. The number of aliphatic hydroxyl groups excluding tert-OH is 1. The second-order valence-corrected chi connectivity index (χ2v) is 6.48. The van der Waals surface area contributed by atoms with Gasteiger partial charge in [-0.15, -0.1) is 11.3 Å². The number of hydrogen-bond donors (Lipinski definition) is 2. The summed E-state index contributed by atoms with van der Waals surface area (Å²) in [5.74, 6) is 6.13. The van der Waals surface area contributed by atoms with Crippen LogP contribution in [0, 0.1) is 17.3 Å². The molecule has 1 amide bonds. The molecule has 1 aromatic rings. The molecule has 0 radical (unpaired) electrons. The maximum absolute atomic E-state index is 12.3. The molecule has 1 aromatic heterocycles. The molecular formula is C16H21NO2S. The zero-order chi connectivity index (χ0) is 14.4. The standard InChI is InChI=1S/C16H21NO2S/c1-16(8-3-4-9-16)15(19)17-12-14-13(7-11-20-14)6-2-5-10-18/h7,11,18H,3-5,8-10,12H2,1H3,(H,17,19). The minimum absolute atomic E-state index is 0.0849. The maximum Gasteiger partial charge on any atom is 0.226 e. The monoisotopic (exact) mass is 291 g/mol. The van der Waals surface area contributed by atoms with Gasteiger partial charge in [-0.2, -0.15) is 0 Å². The zero-order valence-corrected chi connectivity index (χ0v) is 12.7. The largest absolute Gasteiger partial charge is 0.395 e. The van der Waals surface area contributed by atoms with Gasteiger partial charge < -0.3 is 10.4 Å². The first kappa shape index (κ1) is 15.1. The van der Waals surface area contributed by atoms with Crippen molar-refractivity contribution in [2.45, 2.75) is 45.6 Å². The Labute approximate surface area is 124 Å². The highest BCUT2D eigenvalue weighted by atomic mass is 32.1. The van der Waals surface area contributed by atoms with Gasteiger partial charge in [0, 0.05) is 22.3 Å². The fourth-order valence-electron chi connectivity index (χ4n) is 2.56. The van der Waals surface area contributed by atoms with Gasteiger partial charge in [0.25, 0.3) is 0 Å². The van der Waals surface area contributed by atoms with Gasteiger partial charge in [0.15, 0.2) is 0 Å². The first-order valence-corrected chi connectivity index (χ1v) is 7.98. The Balaban J connectivity index is 1.93. The smallest absolute Gasteiger partial charge is 0.226 e. The minimum atomic E-state index is -0.181. The molecule has 0 atom stereocenters. The van der Waals surface area contributed by atoms with Gasteiger partial charge in [0.05, 0.1) is 13.2 Å². The summed E-state index contributed by atoms with van der Waals surface area (Å²) < 4.78 is 0. The van der Waals surface area contributed by atoms with Gasteiger partial charge in [-0.25, -0.2) is 0 Å². The highest BCUT2D eigenvalue weighted by molar-refractivity contribution is 7.10. The Hall–Kier alpha value is -1.31. The van der Waals surface area contributed by atoms with Crippen molar-refractivity contribution in [1.82, 2.24) is 5.32 Å². The molecule has 0 aliphatic heterocycles. The van der Waals surface area contributed by atoms with Crippen LogP contribution in [-0.4, -0.2) is 17.6 Å². The summed E-state index contributed by atoms with van der Waals surface area (Å²) in [6.07, 6.45) is 4.78. The van der Waals surface area contributed by atoms with Crippen molar-refractivity contribution in [3.05, 3.63) is 21.9 Å². The van der Waals surface area contributed by atoms with E-state index in [2.05, 4.69) is 24.1 Å². The third kappa shape index (κ3) is 3.62. The molecule has 1 heterocycles. The number of carbonyl (C=O) groups excluding carboxylic acids is 1. The van der Waals surface area contributed by atoms with Crippen molar-refractivity contribution in [2.75, 3.05) is 6.61 Å². The molecule has 3 nitrogen and oxygen atoms in total. The van der Waals surface area contributed by atoms with Crippen LogP contribution in [0.5, 0.6) is 0 Å². The second kappa shape index (κ2) is 6.92. The van der Waals surface area contributed by atoms with E-state index in [9.17, 15) is 4.79 Å². The number of amides is 1. The zero-order valence-electron chi connectivity index (χ0n) is 11.9. The van der Waals surface area contributed by atoms with Gasteiger partial charge in [0.1, 0.15) is 0 Å². The van der Waals surface area contributed by atoms with E-state index >= 15 is 0 Å². The average Bonchev–Trinajstić information content (AvgIpc) is 3.06. The van der Waals surface area contributed by atoms with Crippen LogP contribution in [0.2, 0.25) is 0 Å². The number of thiophene rings is 1. The first-order valence-electron chi connectivity index (χ1n) is 7.10. The Morgan fingerprint density at radius 1 is 1.50 bits per heavy atom. The van der Waals surface area contributed by atoms with E-state index in [4.69, 9.17) is 5.11 Å². The summed E-state index contributed by atoms with van der Waals surface area (Å²) in [5.41, 5.74) is 0.778. The lowest BCUT2D eigenvalue weighted by Crippen LogP contribution is -2.36. The minimum Gasteiger partial charge on any atom is -0.395 e. The lowest BCUT2D eigenvalue weighted by molar-refractivity contribution is -0.130. The molecule has 1 saturated carbocycles. The summed E-state index contributed by atoms with van der Waals surface area (Å²) >= 11 is 1.61. The fourth-order valence-corrected chi connectivity index (χ4v) is 3.33. The number of rotatable bonds is 4. The normalized spacial score (nSPS) is 16.5. The van der Waals surface area contributed by atoms with Crippen LogP contribution < -0.4 is 5.32 Å². The molecule has 2 rings (SSSR count). The first-order chi connectivity index (χ1) is 9.65. The van der Waals surface area contributed by atoms with Crippen LogP contribution in [0.25, 0.3) is 0 Å². The van der Waals surface area contributed by atoms with E-state index in [1.165, 1.54) is 0 Å². The molecule has 1 aliphatic carbocycles. The topological polar surface area (TPSA) is 49.3 Å². The van der Waals surface area contributed by atoms with Crippen LogP contribution in [-0.2, 0) is 11.3 Å². The van der Waals surface area contributed by atoms with E-state index in [0.29, 0.717) is 13.0 Å². The lowest BCUT2D eigenvalue weighted by Gasteiger charge is -2.22. The van der Waals surface area contributed by atoms with Crippen molar-refractivity contribution < 1.29 is 9.90 Å². The van der Waals surface area contributed by atoms with Crippen molar-refractivity contribution in [1.29, 1.82) is 0 Å². The van der Waals surface area contributed by atoms with E-state index in [1.54, 1.807) is 11.3 Å². The highest BCUT2D eigenvalue weighted by Gasteiger charge is 2.35. The van der Waals surface area contributed by atoms with Crippen LogP contribution in [0.4, 0.5) is 0 Å². The maximum atomic E-state index is 12.3. The number of carbonyl (C=O) groups is 1. The number of aliphatic hydroxyl groups is 1. The molecule has 0 saturated heterocycles. The predicted molar refractivity (Wildman–Crippen MR) is 81.3 cm³/mol. The second-order valence-electron chi connectivity index (χ2n) is 5.48. The summed E-state index contributed by atoms with van der Waals surface area (Å²) in [6, 6.07) is 1.97. The van der Waals surface area contributed by atoms with Crippen molar-refractivity contribution in [3.8, 4) is 11.8 Å². The highest BCUT2D eigenvalue weighted by Crippen LogP contribution is 2.37. The third-order valence-corrected chi connectivity index (χ3v) is 4.79. The molecule has 1 fully saturated rings. The molecule has 4 heteroatoms. The van der Waals surface area contributed by atoms with Crippen LogP contribution in [0.1, 0.15) is 49.5 Å². The van der Waals surface area contributed by atoms with Crippen molar-refractivity contribution in [3.63, 3.8) is 0 Å². The molecule has 0 bridgehead atoms. The van der Waals surface area contributed by atoms with Crippen LogP contribution >= 0.6 is 11.3 Å². The summed E-state index contributed by atoms with van der Waals surface area (Å²) in [4.78, 5) is 13.3. The molecule has 0 spiro atoms. The van der Waals surface area contributed by atoms with Gasteiger partial charge in [0.2, 0.25) is 5.91 Å². The number of hydrogen-bond acceptors (Lipinski definition) is 3. The summed E-state index contributed by atoms with van der Waals surface area (Å²) in [7, 11) is 0. The van der Waals surface area contributed by atoms with Gasteiger partial charge in [-0.3, -0.25) is 4.79 Å². The molecule has 1 aliphatic rings. The van der Waals surface area contributed by atoms with E-state index < -0.39 is 0 Å². The molecule has 0 unspecified atom stereocenters. The van der Waals surface area contributed by atoms with Gasteiger partial charge in [-0.1, -0.05) is 31.6 Å². The fraction of sp³-hybridized carbons (Fsp3) is 0.562. The third-order valence-electron chi connectivity index (χ3n) is 3.87. The lowest BCUT2D eigenvalue weighted by atomic mass is 9.88. The Morgan fingerprint density at radius 3 is 2.95 bits per heavy atom. The molecular weight excluding hydrogens is 270 g/mol. The van der Waals surface area contributed by atoms with Crippen molar-refractivity contribution in [2.24, 2.45) is 5.41 Å². The predicted octanol–water partition coefficient (Wildman–Crippen LogP) is 2.68. The van der Waals surface area contributed by atoms with Gasteiger partial charge >= 0.3 is 0 Å². The SMILES string of the molecule is CC1(C(=O)NCc2sccc2C#CCCO)CCCC1. The Bertz CT molecular complexity index is 518. The molecule has 0 aromatic carbocycles. The molecule has 2 N–H and O–H groups in total. The average molecular weight is 291 g/mol. The Kier molecular flexibility index (Phi) is 5.22. The van der Waals surface area contributed by atoms with E-state index in [-0.39, 0.29) is 17.9 Å². The number of nitrogens with one attached hydrogen (secondary N) is 1. The molecule has 20 heavy (non-hydrogen) atoms. The summed E-state index contributed by atoms with van der Waals surface area (Å²) in [6.45, 7) is 2.70.